The predicted molar refractivity (Wildman–Crippen MR) is 45.1 cm³/mol. The second-order valence-electron chi connectivity index (χ2n) is 3.37. The lowest BCUT2D eigenvalue weighted by Crippen LogP contribution is -1.96. The van der Waals surface area contributed by atoms with Crippen molar-refractivity contribution in [3.8, 4) is 0 Å². The van der Waals surface area contributed by atoms with E-state index in [4.69, 9.17) is 5.11 Å². The fourth-order valence-corrected chi connectivity index (χ4v) is 1.61. The van der Waals surface area contributed by atoms with Gasteiger partial charge in [-0.1, -0.05) is 0 Å². The summed E-state index contributed by atoms with van der Waals surface area (Å²) in [6.45, 7) is 0. The first-order valence-corrected chi connectivity index (χ1v) is 4.24. The highest BCUT2D eigenvalue weighted by molar-refractivity contribution is 5.67. The Morgan fingerprint density at radius 1 is 1.54 bits per heavy atom. The van der Waals surface area contributed by atoms with Crippen LogP contribution in [0.15, 0.2) is 18.7 Å². The first-order chi connectivity index (χ1) is 6.27. The molecule has 4 nitrogen and oxygen atoms in total. The summed E-state index contributed by atoms with van der Waals surface area (Å²) in [6, 6.07) is 0. The van der Waals surface area contributed by atoms with Gasteiger partial charge in [0.2, 0.25) is 0 Å². The number of carbonyl (C=O) groups is 1. The molecule has 0 spiro atoms. The van der Waals surface area contributed by atoms with Crippen LogP contribution in [-0.2, 0) is 4.79 Å². The Hall–Kier alpha value is -1.45. The maximum absolute atomic E-state index is 10.4. The molecule has 4 heteroatoms. The molecule has 1 aliphatic carbocycles. The van der Waals surface area contributed by atoms with Crippen molar-refractivity contribution in [1.29, 1.82) is 0 Å². The molecule has 13 heavy (non-hydrogen) atoms. The molecule has 0 amide bonds. The molecule has 0 bridgehead atoms. The molecule has 0 aliphatic heterocycles. The summed E-state index contributed by atoms with van der Waals surface area (Å²) in [5, 5.41) is 8.56. The quantitative estimate of drug-likeness (QED) is 0.751. The molecule has 0 radical (unpaired) electrons. The highest BCUT2D eigenvalue weighted by atomic mass is 16.4. The van der Waals surface area contributed by atoms with E-state index in [1.807, 2.05) is 0 Å². The van der Waals surface area contributed by atoms with Crippen LogP contribution in [0.4, 0.5) is 0 Å². The van der Waals surface area contributed by atoms with Crippen LogP contribution in [0, 0.1) is 5.92 Å². The van der Waals surface area contributed by atoms with E-state index in [-0.39, 0.29) is 6.42 Å². The molecule has 1 aromatic rings. The third-order valence-corrected chi connectivity index (χ3v) is 2.37. The van der Waals surface area contributed by atoms with Crippen LogP contribution >= 0.6 is 0 Å². The summed E-state index contributed by atoms with van der Waals surface area (Å²) in [5.74, 6) is -0.0508. The van der Waals surface area contributed by atoms with Gasteiger partial charge in [-0.05, 0) is 23.8 Å². The molecule has 0 unspecified atom stereocenters. The van der Waals surface area contributed by atoms with Gasteiger partial charge in [-0.3, -0.25) is 4.79 Å². The summed E-state index contributed by atoms with van der Waals surface area (Å²) in [4.78, 5) is 18.2. The van der Waals surface area contributed by atoms with Crippen molar-refractivity contribution in [2.24, 2.45) is 5.92 Å². The first-order valence-electron chi connectivity index (χ1n) is 4.24. The van der Waals surface area contributed by atoms with Gasteiger partial charge in [-0.25, -0.2) is 9.97 Å². The van der Waals surface area contributed by atoms with Crippen molar-refractivity contribution in [3.63, 3.8) is 0 Å². The van der Waals surface area contributed by atoms with Crippen LogP contribution in [-0.4, -0.2) is 21.0 Å². The Bertz CT molecular complexity index is 313. The maximum Gasteiger partial charge on any atom is 0.303 e. The summed E-state index contributed by atoms with van der Waals surface area (Å²) < 4.78 is 0. The minimum absolute atomic E-state index is 0.263. The lowest BCUT2D eigenvalue weighted by atomic mass is 10.1. The van der Waals surface area contributed by atoms with E-state index in [2.05, 4.69) is 9.97 Å². The van der Waals surface area contributed by atoms with Crippen molar-refractivity contribution in [2.75, 3.05) is 0 Å². The summed E-state index contributed by atoms with van der Waals surface area (Å²) in [5.41, 5.74) is 1.06. The Morgan fingerprint density at radius 3 is 2.85 bits per heavy atom. The SMILES string of the molecule is O=C(O)C[C@@H]1C[C@H]1c1cncnc1. The molecule has 1 heterocycles. The van der Waals surface area contributed by atoms with E-state index in [0.29, 0.717) is 11.8 Å². The third-order valence-electron chi connectivity index (χ3n) is 2.37. The second-order valence-corrected chi connectivity index (χ2v) is 3.37. The minimum atomic E-state index is -0.718. The molecule has 2 atom stereocenters. The highest BCUT2D eigenvalue weighted by Gasteiger charge is 2.39. The molecular formula is C9H10N2O2. The fourth-order valence-electron chi connectivity index (χ4n) is 1.61. The smallest absolute Gasteiger partial charge is 0.303 e. The number of rotatable bonds is 3. The molecule has 68 valence electrons. The number of carboxylic acid groups (broad SMARTS) is 1. The van der Waals surface area contributed by atoms with E-state index < -0.39 is 5.97 Å². The minimum Gasteiger partial charge on any atom is -0.481 e. The van der Waals surface area contributed by atoms with Gasteiger partial charge >= 0.3 is 5.97 Å². The van der Waals surface area contributed by atoms with Crippen LogP contribution in [0.3, 0.4) is 0 Å². The Morgan fingerprint density at radius 2 is 2.23 bits per heavy atom. The van der Waals surface area contributed by atoms with Gasteiger partial charge in [0.1, 0.15) is 6.33 Å². The van der Waals surface area contributed by atoms with Crippen molar-refractivity contribution in [3.05, 3.63) is 24.3 Å². The van der Waals surface area contributed by atoms with Gasteiger partial charge in [0.25, 0.3) is 0 Å². The van der Waals surface area contributed by atoms with Crippen molar-refractivity contribution in [2.45, 2.75) is 18.8 Å². The largest absolute Gasteiger partial charge is 0.481 e. The van der Waals surface area contributed by atoms with Gasteiger partial charge in [0.05, 0.1) is 0 Å². The zero-order valence-corrected chi connectivity index (χ0v) is 7.05. The Labute approximate surface area is 75.6 Å². The summed E-state index contributed by atoms with van der Waals surface area (Å²) in [7, 11) is 0. The third kappa shape index (κ3) is 1.83. The normalized spacial score (nSPS) is 25.5. The zero-order chi connectivity index (χ0) is 9.26. The van der Waals surface area contributed by atoms with Gasteiger partial charge < -0.3 is 5.11 Å². The number of hydrogen-bond acceptors (Lipinski definition) is 3. The van der Waals surface area contributed by atoms with E-state index >= 15 is 0 Å². The van der Waals surface area contributed by atoms with Crippen LogP contribution in [0.2, 0.25) is 0 Å². The molecule has 1 aliphatic rings. The lowest BCUT2D eigenvalue weighted by molar-refractivity contribution is -0.137. The maximum atomic E-state index is 10.4. The molecule has 1 saturated carbocycles. The average Bonchev–Trinajstić information content (AvgIpc) is 2.84. The summed E-state index contributed by atoms with van der Waals surface area (Å²) >= 11 is 0. The average molecular weight is 178 g/mol. The number of nitrogens with zero attached hydrogens (tertiary/aromatic N) is 2. The molecule has 1 aromatic heterocycles. The highest BCUT2D eigenvalue weighted by Crippen LogP contribution is 2.48. The molecule has 0 aromatic carbocycles. The van der Waals surface area contributed by atoms with Crippen LogP contribution < -0.4 is 0 Å². The van der Waals surface area contributed by atoms with Crippen molar-refractivity contribution in [1.82, 2.24) is 9.97 Å². The van der Waals surface area contributed by atoms with Crippen molar-refractivity contribution >= 4 is 5.97 Å². The fraction of sp³-hybridized carbons (Fsp3) is 0.444. The van der Waals surface area contributed by atoms with E-state index in [1.165, 1.54) is 6.33 Å². The lowest BCUT2D eigenvalue weighted by Gasteiger charge is -1.95. The first kappa shape index (κ1) is 8.16. The van der Waals surface area contributed by atoms with Gasteiger partial charge in [0.15, 0.2) is 0 Å². The predicted octanol–water partition coefficient (Wildman–Crippen LogP) is 1.05. The van der Waals surface area contributed by atoms with Crippen LogP contribution in [0.5, 0.6) is 0 Å². The van der Waals surface area contributed by atoms with E-state index in [0.717, 1.165) is 12.0 Å². The topological polar surface area (TPSA) is 63.1 Å². The van der Waals surface area contributed by atoms with Gasteiger partial charge in [-0.2, -0.15) is 0 Å². The molecule has 1 fully saturated rings. The number of aliphatic carboxylic acids is 1. The monoisotopic (exact) mass is 178 g/mol. The second kappa shape index (κ2) is 3.12. The van der Waals surface area contributed by atoms with Crippen molar-refractivity contribution < 1.29 is 9.90 Å². The van der Waals surface area contributed by atoms with E-state index in [1.54, 1.807) is 12.4 Å². The standard InChI is InChI=1S/C9H10N2O2/c12-9(13)2-6-1-8(6)7-3-10-5-11-4-7/h3-6,8H,1-2H2,(H,12,13)/t6-,8+/m0/s1. The molecule has 1 N–H and O–H groups in total. The Kier molecular flexibility index (Phi) is 1.96. The number of carboxylic acids is 1. The number of aromatic nitrogens is 2. The Balaban J connectivity index is 1.97. The van der Waals surface area contributed by atoms with Crippen LogP contribution in [0.1, 0.15) is 24.3 Å². The zero-order valence-electron chi connectivity index (χ0n) is 7.05. The van der Waals surface area contributed by atoms with Gasteiger partial charge in [0, 0.05) is 18.8 Å². The number of hydrogen-bond donors (Lipinski definition) is 1. The molecule has 2 rings (SSSR count). The van der Waals surface area contributed by atoms with Gasteiger partial charge in [-0.15, -0.1) is 0 Å². The summed E-state index contributed by atoms with van der Waals surface area (Å²) in [6.07, 6.45) is 6.23. The van der Waals surface area contributed by atoms with Crippen LogP contribution in [0.25, 0.3) is 0 Å². The molecular weight excluding hydrogens is 168 g/mol. The molecule has 0 saturated heterocycles. The van der Waals surface area contributed by atoms with E-state index in [9.17, 15) is 4.79 Å².